The van der Waals surface area contributed by atoms with Gasteiger partial charge in [-0.2, -0.15) is 5.10 Å². The van der Waals surface area contributed by atoms with Crippen LogP contribution in [0.4, 0.5) is 10.1 Å². The van der Waals surface area contributed by atoms with E-state index >= 15 is 0 Å². The van der Waals surface area contributed by atoms with Crippen LogP contribution in [0.3, 0.4) is 0 Å². The highest BCUT2D eigenvalue weighted by atomic mass is 32.2. The van der Waals surface area contributed by atoms with Crippen molar-refractivity contribution in [2.75, 3.05) is 11.4 Å². The maximum Gasteiger partial charge on any atom is 0.267 e. The van der Waals surface area contributed by atoms with Crippen LogP contribution < -0.4 is 4.31 Å². The highest BCUT2D eigenvalue weighted by molar-refractivity contribution is 7.92. The molecule has 0 saturated carbocycles. The predicted octanol–water partition coefficient (Wildman–Crippen LogP) is 1.68. The molecule has 0 unspecified atom stereocenters. The van der Waals surface area contributed by atoms with Gasteiger partial charge >= 0.3 is 0 Å². The molecule has 18 heavy (non-hydrogen) atoms. The fourth-order valence-corrected chi connectivity index (χ4v) is 2.85. The molecule has 0 spiro atoms. The lowest BCUT2D eigenvalue weighted by atomic mass is 10.3. The third kappa shape index (κ3) is 2.08. The topological polar surface area (TPSA) is 66.1 Å². The molecule has 0 radical (unpaired) electrons. The van der Waals surface area contributed by atoms with Gasteiger partial charge in [0, 0.05) is 7.05 Å². The lowest BCUT2D eigenvalue weighted by Gasteiger charge is -2.18. The molecule has 7 heteroatoms. The van der Waals surface area contributed by atoms with Crippen LogP contribution in [0, 0.1) is 12.7 Å². The first-order valence-corrected chi connectivity index (χ1v) is 6.61. The van der Waals surface area contributed by atoms with Crippen molar-refractivity contribution in [3.63, 3.8) is 0 Å². The number of nitrogens with one attached hydrogen (secondary N) is 1. The molecule has 0 amide bonds. The largest absolute Gasteiger partial charge is 0.281 e. The summed E-state index contributed by atoms with van der Waals surface area (Å²) >= 11 is 0. The molecule has 0 atom stereocenters. The number of aryl methyl sites for hydroxylation is 1. The third-order valence-corrected chi connectivity index (χ3v) is 4.51. The van der Waals surface area contributed by atoms with E-state index in [1.807, 2.05) is 0 Å². The average Bonchev–Trinajstić information content (AvgIpc) is 2.76. The van der Waals surface area contributed by atoms with Gasteiger partial charge in [-0.15, -0.1) is 0 Å². The van der Waals surface area contributed by atoms with E-state index in [0.29, 0.717) is 11.4 Å². The minimum Gasteiger partial charge on any atom is -0.281 e. The second-order valence-corrected chi connectivity index (χ2v) is 5.75. The van der Waals surface area contributed by atoms with Crippen molar-refractivity contribution >= 4 is 15.7 Å². The van der Waals surface area contributed by atoms with E-state index in [1.54, 1.807) is 6.92 Å². The summed E-state index contributed by atoms with van der Waals surface area (Å²) in [4.78, 5) is 0.106. The fourth-order valence-electron chi connectivity index (χ4n) is 1.54. The Kier molecular flexibility index (Phi) is 3.08. The summed E-state index contributed by atoms with van der Waals surface area (Å²) in [6.07, 6.45) is 1.25. The zero-order chi connectivity index (χ0) is 13.3. The minimum absolute atomic E-state index is 0.106. The van der Waals surface area contributed by atoms with Crippen molar-refractivity contribution in [2.45, 2.75) is 11.8 Å². The molecule has 0 bridgehead atoms. The van der Waals surface area contributed by atoms with E-state index < -0.39 is 15.8 Å². The van der Waals surface area contributed by atoms with E-state index in [1.165, 1.54) is 37.5 Å². The Balaban J connectivity index is 2.42. The molecule has 1 N–H and O–H groups in total. The number of aromatic nitrogens is 2. The molecule has 1 aromatic heterocycles. The highest BCUT2D eigenvalue weighted by Crippen LogP contribution is 2.23. The average molecular weight is 269 g/mol. The molecule has 1 heterocycles. The van der Waals surface area contributed by atoms with E-state index in [-0.39, 0.29) is 4.90 Å². The molecule has 1 aromatic carbocycles. The first-order valence-electron chi connectivity index (χ1n) is 5.17. The maximum absolute atomic E-state index is 12.8. The molecule has 0 aliphatic heterocycles. The van der Waals surface area contributed by atoms with Crippen LogP contribution >= 0.6 is 0 Å². The van der Waals surface area contributed by atoms with Crippen LogP contribution in [0.2, 0.25) is 0 Å². The number of halogens is 1. The van der Waals surface area contributed by atoms with E-state index in [2.05, 4.69) is 10.2 Å². The summed E-state index contributed by atoms with van der Waals surface area (Å²) in [5, 5.41) is 6.26. The van der Waals surface area contributed by atoms with Gasteiger partial charge in [-0.05, 0) is 31.2 Å². The van der Waals surface area contributed by atoms with Crippen molar-refractivity contribution in [3.8, 4) is 0 Å². The van der Waals surface area contributed by atoms with E-state index in [0.717, 1.165) is 4.31 Å². The second kappa shape index (κ2) is 4.41. The Hall–Kier alpha value is -1.89. The van der Waals surface area contributed by atoms with Gasteiger partial charge < -0.3 is 0 Å². The number of sulfonamides is 1. The number of hydrogen-bond acceptors (Lipinski definition) is 3. The van der Waals surface area contributed by atoms with Crippen LogP contribution in [-0.4, -0.2) is 25.7 Å². The molecular weight excluding hydrogens is 257 g/mol. The standard InChI is InChI=1S/C11H12FN3O2S/c1-8-11(7-13-14-8)18(16,17)15(2)10-5-3-9(12)4-6-10/h3-7H,1-2H3,(H,13,14). The van der Waals surface area contributed by atoms with Crippen molar-refractivity contribution in [1.29, 1.82) is 0 Å². The fraction of sp³-hybridized carbons (Fsp3) is 0.182. The normalized spacial score (nSPS) is 11.5. The van der Waals surface area contributed by atoms with Crippen LogP contribution in [-0.2, 0) is 10.0 Å². The van der Waals surface area contributed by atoms with Gasteiger partial charge in [0.15, 0.2) is 0 Å². The Morgan fingerprint density at radius 2 is 1.89 bits per heavy atom. The molecule has 96 valence electrons. The lowest BCUT2D eigenvalue weighted by molar-refractivity contribution is 0.593. The molecule has 2 aromatic rings. The number of nitrogens with zero attached hydrogens (tertiary/aromatic N) is 2. The van der Waals surface area contributed by atoms with Crippen molar-refractivity contribution in [1.82, 2.24) is 10.2 Å². The number of hydrogen-bond donors (Lipinski definition) is 1. The Morgan fingerprint density at radius 1 is 1.28 bits per heavy atom. The van der Waals surface area contributed by atoms with Gasteiger partial charge in [0.25, 0.3) is 10.0 Å². The molecule has 5 nitrogen and oxygen atoms in total. The smallest absolute Gasteiger partial charge is 0.267 e. The van der Waals surface area contributed by atoms with Crippen LogP contribution in [0.25, 0.3) is 0 Å². The molecule has 0 saturated heterocycles. The first kappa shape index (κ1) is 12.6. The molecule has 2 rings (SSSR count). The number of aromatic amines is 1. The van der Waals surface area contributed by atoms with Gasteiger partial charge in [-0.25, -0.2) is 12.8 Å². The summed E-state index contributed by atoms with van der Waals surface area (Å²) < 4.78 is 38.4. The van der Waals surface area contributed by atoms with Crippen molar-refractivity contribution in [2.24, 2.45) is 0 Å². The minimum atomic E-state index is -3.68. The number of rotatable bonds is 3. The monoisotopic (exact) mass is 269 g/mol. The van der Waals surface area contributed by atoms with Gasteiger partial charge in [-0.1, -0.05) is 0 Å². The second-order valence-electron chi connectivity index (χ2n) is 3.81. The first-order chi connectivity index (χ1) is 8.43. The Bertz CT molecular complexity index is 649. The Morgan fingerprint density at radius 3 is 2.39 bits per heavy atom. The van der Waals surface area contributed by atoms with Gasteiger partial charge in [0.2, 0.25) is 0 Å². The molecule has 0 aliphatic carbocycles. The van der Waals surface area contributed by atoms with Gasteiger partial charge in [0.05, 0.1) is 17.6 Å². The van der Waals surface area contributed by atoms with Gasteiger partial charge in [0.1, 0.15) is 10.7 Å². The van der Waals surface area contributed by atoms with Crippen LogP contribution in [0.15, 0.2) is 35.4 Å². The quantitative estimate of drug-likeness (QED) is 0.922. The number of anilines is 1. The van der Waals surface area contributed by atoms with Crippen LogP contribution in [0.1, 0.15) is 5.69 Å². The number of benzene rings is 1. The molecule has 0 aliphatic rings. The SMILES string of the molecule is Cc1[nH]ncc1S(=O)(=O)N(C)c1ccc(F)cc1. The summed E-state index contributed by atoms with van der Waals surface area (Å²) in [7, 11) is -2.26. The zero-order valence-corrected chi connectivity index (χ0v) is 10.7. The third-order valence-electron chi connectivity index (χ3n) is 2.61. The summed E-state index contributed by atoms with van der Waals surface area (Å²) in [6, 6.07) is 5.23. The summed E-state index contributed by atoms with van der Waals surface area (Å²) in [6.45, 7) is 1.62. The molecule has 0 fully saturated rings. The lowest BCUT2D eigenvalue weighted by Crippen LogP contribution is -2.26. The molecular formula is C11H12FN3O2S. The summed E-state index contributed by atoms with van der Waals surface area (Å²) in [5.41, 5.74) is 0.848. The Labute approximate surface area is 104 Å². The number of H-pyrrole nitrogens is 1. The zero-order valence-electron chi connectivity index (χ0n) is 9.88. The van der Waals surface area contributed by atoms with Gasteiger partial charge in [-0.3, -0.25) is 9.40 Å². The van der Waals surface area contributed by atoms with E-state index in [4.69, 9.17) is 0 Å². The van der Waals surface area contributed by atoms with Crippen molar-refractivity contribution in [3.05, 3.63) is 42.0 Å². The predicted molar refractivity (Wildman–Crippen MR) is 65.3 cm³/mol. The van der Waals surface area contributed by atoms with Crippen molar-refractivity contribution < 1.29 is 12.8 Å². The maximum atomic E-state index is 12.8. The van der Waals surface area contributed by atoms with Crippen LogP contribution in [0.5, 0.6) is 0 Å². The van der Waals surface area contributed by atoms with E-state index in [9.17, 15) is 12.8 Å². The highest BCUT2D eigenvalue weighted by Gasteiger charge is 2.24. The summed E-state index contributed by atoms with van der Waals surface area (Å²) in [5.74, 6) is -0.413.